The van der Waals surface area contributed by atoms with Crippen LogP contribution in [0.15, 0.2) is 138 Å². The molecule has 0 amide bonds. The molecule has 0 unspecified atom stereocenters. The van der Waals surface area contributed by atoms with Crippen molar-refractivity contribution in [3.05, 3.63) is 139 Å². The summed E-state index contributed by atoms with van der Waals surface area (Å²) in [5.74, 6) is 0. The molecular formula is C39H28NO+. The summed E-state index contributed by atoms with van der Waals surface area (Å²) >= 11 is 0. The van der Waals surface area contributed by atoms with Gasteiger partial charge in [0.2, 0.25) is 5.69 Å². The Morgan fingerprint density at radius 1 is 0.512 bits per heavy atom. The average molecular weight is 527 g/mol. The van der Waals surface area contributed by atoms with Crippen LogP contribution in [-0.4, -0.2) is 0 Å². The number of para-hydroxylation sites is 1. The highest BCUT2D eigenvalue weighted by Gasteiger charge is 2.23. The van der Waals surface area contributed by atoms with Crippen molar-refractivity contribution in [3.8, 4) is 33.5 Å². The molecule has 8 aromatic rings. The predicted octanol–water partition coefficient (Wildman–Crippen LogP) is 10.0. The zero-order chi connectivity index (χ0) is 27.5. The van der Waals surface area contributed by atoms with Gasteiger partial charge in [-0.05, 0) is 57.3 Å². The highest BCUT2D eigenvalue weighted by Crippen LogP contribution is 2.43. The highest BCUT2D eigenvalue weighted by molar-refractivity contribution is 6.18. The minimum atomic E-state index is 0.929. The fourth-order valence-corrected chi connectivity index (χ4v) is 6.44. The maximum absolute atomic E-state index is 6.92. The Morgan fingerprint density at radius 3 is 2.05 bits per heavy atom. The smallest absolute Gasteiger partial charge is 0.216 e. The lowest BCUT2D eigenvalue weighted by atomic mass is 9.92. The first kappa shape index (κ1) is 23.7. The fourth-order valence-electron chi connectivity index (χ4n) is 6.44. The maximum Gasteiger partial charge on any atom is 0.216 e. The highest BCUT2D eigenvalue weighted by atomic mass is 16.3. The van der Waals surface area contributed by atoms with Crippen molar-refractivity contribution < 1.29 is 8.98 Å². The molecule has 2 nitrogen and oxygen atoms in total. The quantitative estimate of drug-likeness (QED) is 0.165. The number of fused-ring (bicyclic) bond motifs is 6. The summed E-state index contributed by atoms with van der Waals surface area (Å²) in [5, 5.41) is 7.28. The van der Waals surface area contributed by atoms with Crippen molar-refractivity contribution in [3.63, 3.8) is 0 Å². The first-order chi connectivity index (χ1) is 20.2. The minimum absolute atomic E-state index is 0.929. The Balaban J connectivity index is 1.38. The molecule has 194 valence electrons. The van der Waals surface area contributed by atoms with Gasteiger partial charge in [0.15, 0.2) is 6.20 Å². The van der Waals surface area contributed by atoms with Crippen molar-refractivity contribution in [1.82, 2.24) is 0 Å². The zero-order valence-electron chi connectivity index (χ0n) is 23.1. The van der Waals surface area contributed by atoms with Gasteiger partial charge in [0.05, 0.1) is 5.56 Å². The molecule has 6 aromatic carbocycles. The Hall–Kier alpha value is -5.21. The van der Waals surface area contributed by atoms with Gasteiger partial charge in [0.25, 0.3) is 0 Å². The van der Waals surface area contributed by atoms with Crippen LogP contribution in [0.25, 0.3) is 77.0 Å². The summed E-state index contributed by atoms with van der Waals surface area (Å²) in [6, 6.07) is 45.6. The van der Waals surface area contributed by atoms with Gasteiger partial charge in [-0.2, -0.15) is 0 Å². The van der Waals surface area contributed by atoms with Crippen molar-refractivity contribution in [2.24, 2.45) is 7.05 Å². The van der Waals surface area contributed by atoms with E-state index < -0.39 is 0 Å². The SMILES string of the molecule is Cc1ccc2c(oc3c(-c4cc5ccccc5c5ccccc45)cccc32)c1-c1ccc(-c2ccccc2)c[n+]1C. The number of hydrogen-bond donors (Lipinski definition) is 0. The number of furan rings is 1. The summed E-state index contributed by atoms with van der Waals surface area (Å²) in [5.41, 5.74) is 10.0. The molecule has 0 radical (unpaired) electrons. The number of pyridine rings is 1. The van der Waals surface area contributed by atoms with Gasteiger partial charge in [-0.1, -0.05) is 109 Å². The van der Waals surface area contributed by atoms with Gasteiger partial charge in [0.1, 0.15) is 18.2 Å². The molecule has 0 N–H and O–H groups in total. The normalized spacial score (nSPS) is 11.7. The summed E-state index contributed by atoms with van der Waals surface area (Å²) in [6.45, 7) is 2.17. The second-order valence-electron chi connectivity index (χ2n) is 10.9. The second-order valence-corrected chi connectivity index (χ2v) is 10.9. The average Bonchev–Trinajstić information content (AvgIpc) is 3.40. The predicted molar refractivity (Wildman–Crippen MR) is 171 cm³/mol. The van der Waals surface area contributed by atoms with Crippen LogP contribution in [0.4, 0.5) is 0 Å². The molecule has 41 heavy (non-hydrogen) atoms. The van der Waals surface area contributed by atoms with Crippen molar-refractivity contribution >= 4 is 43.5 Å². The van der Waals surface area contributed by atoms with Crippen LogP contribution in [0.2, 0.25) is 0 Å². The van der Waals surface area contributed by atoms with E-state index in [1.54, 1.807) is 0 Å². The van der Waals surface area contributed by atoms with Crippen molar-refractivity contribution in [2.45, 2.75) is 6.92 Å². The van der Waals surface area contributed by atoms with E-state index in [0.29, 0.717) is 0 Å². The number of aryl methyl sites for hydroxylation is 2. The largest absolute Gasteiger partial charge is 0.454 e. The van der Waals surface area contributed by atoms with Crippen LogP contribution in [0.1, 0.15) is 5.56 Å². The molecule has 2 aromatic heterocycles. The molecule has 2 heteroatoms. The Bertz CT molecular complexity index is 2270. The van der Waals surface area contributed by atoms with Crippen LogP contribution in [0, 0.1) is 6.92 Å². The second kappa shape index (κ2) is 9.18. The zero-order valence-corrected chi connectivity index (χ0v) is 23.1. The number of nitrogens with zero attached hydrogens (tertiary/aromatic N) is 1. The van der Waals surface area contributed by atoms with E-state index in [9.17, 15) is 0 Å². The van der Waals surface area contributed by atoms with Gasteiger partial charge in [-0.3, -0.25) is 0 Å². The molecule has 0 bridgehead atoms. The minimum Gasteiger partial charge on any atom is -0.454 e. The molecule has 0 aliphatic rings. The van der Waals surface area contributed by atoms with Crippen molar-refractivity contribution in [2.75, 3.05) is 0 Å². The van der Waals surface area contributed by atoms with Crippen LogP contribution in [0.3, 0.4) is 0 Å². The molecule has 0 saturated heterocycles. The number of hydrogen-bond acceptors (Lipinski definition) is 1. The topological polar surface area (TPSA) is 17.0 Å². The fraction of sp³-hybridized carbons (Fsp3) is 0.0513. The lowest BCUT2D eigenvalue weighted by molar-refractivity contribution is -0.659. The van der Waals surface area contributed by atoms with Crippen LogP contribution >= 0.6 is 0 Å². The molecule has 0 atom stereocenters. The third-order valence-electron chi connectivity index (χ3n) is 8.43. The maximum atomic E-state index is 6.92. The Kier molecular flexibility index (Phi) is 5.30. The summed E-state index contributed by atoms with van der Waals surface area (Å²) in [7, 11) is 2.12. The Labute approximate surface area is 238 Å². The van der Waals surface area contributed by atoms with E-state index in [0.717, 1.165) is 38.8 Å². The molecular weight excluding hydrogens is 498 g/mol. The van der Waals surface area contributed by atoms with Gasteiger partial charge >= 0.3 is 0 Å². The van der Waals surface area contributed by atoms with E-state index in [1.807, 2.05) is 0 Å². The van der Waals surface area contributed by atoms with Gasteiger partial charge in [0, 0.05) is 28.0 Å². The van der Waals surface area contributed by atoms with Crippen LogP contribution < -0.4 is 4.57 Å². The lowest BCUT2D eigenvalue weighted by Crippen LogP contribution is -2.30. The van der Waals surface area contributed by atoms with E-state index >= 15 is 0 Å². The third-order valence-corrected chi connectivity index (χ3v) is 8.43. The molecule has 0 aliphatic carbocycles. The van der Waals surface area contributed by atoms with E-state index in [1.165, 1.54) is 43.8 Å². The summed E-state index contributed by atoms with van der Waals surface area (Å²) in [4.78, 5) is 0. The summed E-state index contributed by atoms with van der Waals surface area (Å²) in [6.07, 6.45) is 2.21. The molecule has 8 rings (SSSR count). The van der Waals surface area contributed by atoms with Gasteiger partial charge < -0.3 is 4.42 Å². The summed E-state index contributed by atoms with van der Waals surface area (Å²) < 4.78 is 9.14. The number of aromatic nitrogens is 1. The van der Waals surface area contributed by atoms with E-state index in [4.69, 9.17) is 4.42 Å². The molecule has 0 fully saturated rings. The van der Waals surface area contributed by atoms with E-state index in [2.05, 4.69) is 152 Å². The first-order valence-electron chi connectivity index (χ1n) is 14.1. The van der Waals surface area contributed by atoms with E-state index in [-0.39, 0.29) is 0 Å². The molecule has 0 aliphatic heterocycles. The molecule has 0 spiro atoms. The lowest BCUT2D eigenvalue weighted by Gasteiger charge is -2.11. The Morgan fingerprint density at radius 2 is 1.22 bits per heavy atom. The van der Waals surface area contributed by atoms with Crippen molar-refractivity contribution in [1.29, 1.82) is 0 Å². The van der Waals surface area contributed by atoms with Crippen LogP contribution in [-0.2, 0) is 7.05 Å². The number of benzene rings is 6. The molecule has 2 heterocycles. The monoisotopic (exact) mass is 526 g/mol. The van der Waals surface area contributed by atoms with Gasteiger partial charge in [-0.25, -0.2) is 4.57 Å². The molecule has 0 saturated carbocycles. The third kappa shape index (κ3) is 3.68. The van der Waals surface area contributed by atoms with Gasteiger partial charge in [-0.15, -0.1) is 0 Å². The van der Waals surface area contributed by atoms with Crippen LogP contribution in [0.5, 0.6) is 0 Å². The first-order valence-corrected chi connectivity index (χ1v) is 14.1. The number of rotatable bonds is 3. The standard InChI is InChI=1S/C39H28NO/c1-25-19-21-34-32-17-10-18-33(35-23-27-13-6-7-14-29(27)30-15-8-9-16-31(30)35)38(32)41-39(34)37(25)36-22-20-28(24-40(36)2)26-11-4-3-5-12-26/h3-24H,1-2H3/q+1.